The van der Waals surface area contributed by atoms with Gasteiger partial charge in [0.05, 0.1) is 30.6 Å². The molecule has 0 bridgehead atoms. The molecule has 186 valence electrons. The molecule has 37 heavy (non-hydrogen) atoms. The van der Waals surface area contributed by atoms with Crippen LogP contribution in [0.1, 0.15) is 0 Å². The summed E-state index contributed by atoms with van der Waals surface area (Å²) in [5, 5.41) is 4.64. The Bertz CT molecular complexity index is 1450. The smallest absolute Gasteiger partial charge is 0.275 e. The summed E-state index contributed by atoms with van der Waals surface area (Å²) in [5.74, 6) is 7.35. The van der Waals surface area contributed by atoms with Gasteiger partial charge < -0.3 is 9.64 Å². The standard InChI is InChI=1S/C31H30N4O2/c1-37-30-17-9-8-16-29(30)34-22-20-33(21-23-34)18-10-11-19-35-31(36)27(25-12-4-2-5-13-25)24-28(32-35)26-14-6-3-7-15-26/h2-9,12-17,24H,18-23H2,1H3. The van der Waals surface area contributed by atoms with Gasteiger partial charge in [0.15, 0.2) is 0 Å². The average molecular weight is 491 g/mol. The van der Waals surface area contributed by atoms with Gasteiger partial charge >= 0.3 is 0 Å². The van der Waals surface area contributed by atoms with Crippen molar-refractivity contribution in [1.82, 2.24) is 14.7 Å². The van der Waals surface area contributed by atoms with E-state index < -0.39 is 0 Å². The molecule has 1 aromatic heterocycles. The summed E-state index contributed by atoms with van der Waals surface area (Å²) in [5.41, 5.74) is 4.23. The maximum atomic E-state index is 13.3. The van der Waals surface area contributed by atoms with E-state index in [1.807, 2.05) is 84.9 Å². The Hall–Kier alpha value is -4.34. The zero-order chi connectivity index (χ0) is 25.5. The molecule has 1 aliphatic rings. The largest absolute Gasteiger partial charge is 0.495 e. The van der Waals surface area contributed by atoms with Gasteiger partial charge in [0.25, 0.3) is 5.56 Å². The molecular weight excluding hydrogens is 460 g/mol. The van der Waals surface area contributed by atoms with E-state index in [0.29, 0.717) is 12.1 Å². The molecule has 1 aliphatic heterocycles. The van der Waals surface area contributed by atoms with E-state index in [1.165, 1.54) is 4.68 Å². The van der Waals surface area contributed by atoms with Crippen LogP contribution in [0, 0.1) is 11.8 Å². The third-order valence-electron chi connectivity index (χ3n) is 6.58. The van der Waals surface area contributed by atoms with Gasteiger partial charge in [0, 0.05) is 31.7 Å². The SMILES string of the molecule is COc1ccccc1N1CCN(CC#CCn2nc(-c3ccccc3)cc(-c3ccccc3)c2=O)CC1. The predicted molar refractivity (Wildman–Crippen MR) is 149 cm³/mol. The van der Waals surface area contributed by atoms with E-state index in [9.17, 15) is 4.79 Å². The summed E-state index contributed by atoms with van der Waals surface area (Å²) in [7, 11) is 1.71. The number of aromatic nitrogens is 2. The molecule has 6 nitrogen and oxygen atoms in total. The first-order valence-electron chi connectivity index (χ1n) is 12.5. The molecule has 5 rings (SSSR count). The Kier molecular flexibility index (Phi) is 7.63. The van der Waals surface area contributed by atoms with Gasteiger partial charge in [0.2, 0.25) is 0 Å². The first-order valence-corrected chi connectivity index (χ1v) is 12.5. The van der Waals surface area contributed by atoms with Crippen molar-refractivity contribution >= 4 is 5.69 Å². The van der Waals surface area contributed by atoms with Gasteiger partial charge in [-0.15, -0.1) is 0 Å². The molecular formula is C31H30N4O2. The lowest BCUT2D eigenvalue weighted by molar-refractivity contribution is 0.286. The highest BCUT2D eigenvalue weighted by atomic mass is 16.5. The fourth-order valence-corrected chi connectivity index (χ4v) is 4.56. The normalized spacial score (nSPS) is 13.6. The lowest BCUT2D eigenvalue weighted by Crippen LogP contribution is -2.46. The second kappa shape index (κ2) is 11.6. The van der Waals surface area contributed by atoms with Crippen molar-refractivity contribution in [2.24, 2.45) is 0 Å². The first kappa shape index (κ1) is 24.4. The Morgan fingerprint density at radius 1 is 0.784 bits per heavy atom. The third kappa shape index (κ3) is 5.74. The summed E-state index contributed by atoms with van der Waals surface area (Å²) in [6, 6.07) is 29.7. The molecule has 1 saturated heterocycles. The van der Waals surface area contributed by atoms with E-state index in [2.05, 4.69) is 32.8 Å². The summed E-state index contributed by atoms with van der Waals surface area (Å²) in [6.45, 7) is 4.60. The van der Waals surface area contributed by atoms with Gasteiger partial charge in [-0.2, -0.15) is 5.10 Å². The molecule has 0 N–H and O–H groups in total. The highest BCUT2D eigenvalue weighted by molar-refractivity contribution is 5.69. The average Bonchev–Trinajstić information content (AvgIpc) is 2.97. The number of rotatable bonds is 6. The summed E-state index contributed by atoms with van der Waals surface area (Å²) >= 11 is 0. The van der Waals surface area contributed by atoms with Gasteiger partial charge in [0.1, 0.15) is 12.3 Å². The van der Waals surface area contributed by atoms with Crippen molar-refractivity contribution in [2.45, 2.75) is 6.54 Å². The van der Waals surface area contributed by atoms with Gasteiger partial charge in [-0.25, -0.2) is 4.68 Å². The minimum atomic E-state index is -0.134. The molecule has 0 amide bonds. The number of anilines is 1. The monoisotopic (exact) mass is 490 g/mol. The number of hydrogen-bond donors (Lipinski definition) is 0. The molecule has 2 heterocycles. The van der Waals surface area contributed by atoms with Crippen molar-refractivity contribution in [3.8, 4) is 40.0 Å². The fraction of sp³-hybridized carbons (Fsp3) is 0.226. The van der Waals surface area contributed by atoms with Crippen LogP contribution in [0.5, 0.6) is 5.75 Å². The number of para-hydroxylation sites is 2. The summed E-state index contributed by atoms with van der Waals surface area (Å²) < 4.78 is 7.00. The Morgan fingerprint density at radius 2 is 1.41 bits per heavy atom. The van der Waals surface area contributed by atoms with E-state index >= 15 is 0 Å². The van der Waals surface area contributed by atoms with Gasteiger partial charge in [-0.3, -0.25) is 9.69 Å². The second-order valence-electron chi connectivity index (χ2n) is 8.93. The molecule has 0 aliphatic carbocycles. The maximum absolute atomic E-state index is 13.3. The van der Waals surface area contributed by atoms with Crippen LogP contribution in [-0.4, -0.2) is 54.5 Å². The van der Waals surface area contributed by atoms with Crippen LogP contribution >= 0.6 is 0 Å². The molecule has 3 aromatic carbocycles. The van der Waals surface area contributed by atoms with Crippen LogP contribution in [-0.2, 0) is 6.54 Å². The van der Waals surface area contributed by atoms with E-state index in [0.717, 1.165) is 54.4 Å². The quantitative estimate of drug-likeness (QED) is 0.375. The zero-order valence-electron chi connectivity index (χ0n) is 21.0. The Morgan fingerprint density at radius 3 is 2.11 bits per heavy atom. The molecule has 0 radical (unpaired) electrons. The van der Waals surface area contributed by atoms with Crippen molar-refractivity contribution in [3.63, 3.8) is 0 Å². The van der Waals surface area contributed by atoms with Crippen LogP contribution < -0.4 is 15.2 Å². The number of benzene rings is 3. The fourth-order valence-electron chi connectivity index (χ4n) is 4.56. The lowest BCUT2D eigenvalue weighted by atomic mass is 10.0. The molecule has 1 fully saturated rings. The summed E-state index contributed by atoms with van der Waals surface area (Å²) in [6.07, 6.45) is 0. The number of hydrogen-bond acceptors (Lipinski definition) is 5. The molecule has 6 heteroatoms. The van der Waals surface area contributed by atoms with E-state index in [1.54, 1.807) is 7.11 Å². The van der Waals surface area contributed by atoms with Crippen LogP contribution in [0.25, 0.3) is 22.4 Å². The van der Waals surface area contributed by atoms with Crippen molar-refractivity contribution in [1.29, 1.82) is 0 Å². The third-order valence-corrected chi connectivity index (χ3v) is 6.58. The molecule has 0 saturated carbocycles. The minimum absolute atomic E-state index is 0.134. The van der Waals surface area contributed by atoms with Gasteiger partial charge in [-0.1, -0.05) is 84.6 Å². The van der Waals surface area contributed by atoms with Crippen LogP contribution in [0.3, 0.4) is 0 Å². The Labute approximate surface area is 217 Å². The molecule has 0 atom stereocenters. The second-order valence-corrected chi connectivity index (χ2v) is 8.93. The van der Waals surface area contributed by atoms with Crippen molar-refractivity contribution in [2.75, 3.05) is 44.7 Å². The Balaban J connectivity index is 1.28. The van der Waals surface area contributed by atoms with Crippen molar-refractivity contribution in [3.05, 3.63) is 101 Å². The van der Waals surface area contributed by atoms with E-state index in [-0.39, 0.29) is 12.1 Å². The zero-order valence-corrected chi connectivity index (χ0v) is 21.0. The molecule has 4 aromatic rings. The molecule has 0 spiro atoms. The highest BCUT2D eigenvalue weighted by Crippen LogP contribution is 2.28. The van der Waals surface area contributed by atoms with E-state index in [4.69, 9.17) is 4.74 Å². The topological polar surface area (TPSA) is 50.6 Å². The van der Waals surface area contributed by atoms with Crippen LogP contribution in [0.15, 0.2) is 95.8 Å². The molecule has 0 unspecified atom stereocenters. The van der Waals surface area contributed by atoms with Crippen LogP contribution in [0.4, 0.5) is 5.69 Å². The number of methoxy groups -OCH3 is 1. The minimum Gasteiger partial charge on any atom is -0.495 e. The lowest BCUT2D eigenvalue weighted by Gasteiger charge is -2.35. The highest BCUT2D eigenvalue weighted by Gasteiger charge is 2.18. The number of nitrogens with zero attached hydrogens (tertiary/aromatic N) is 4. The number of ether oxygens (including phenoxy) is 1. The van der Waals surface area contributed by atoms with Crippen LogP contribution in [0.2, 0.25) is 0 Å². The van der Waals surface area contributed by atoms with Gasteiger partial charge in [-0.05, 0) is 23.8 Å². The maximum Gasteiger partial charge on any atom is 0.275 e. The first-order chi connectivity index (χ1) is 18.2. The predicted octanol–water partition coefficient (Wildman–Crippen LogP) is 4.41. The summed E-state index contributed by atoms with van der Waals surface area (Å²) in [4.78, 5) is 18.0. The number of piperazine rings is 1. The van der Waals surface area contributed by atoms with Crippen molar-refractivity contribution < 1.29 is 4.74 Å².